The van der Waals surface area contributed by atoms with Gasteiger partial charge in [-0.2, -0.15) is 13.2 Å². The molecule has 13 heteroatoms. The molecule has 1 saturated heterocycles. The van der Waals surface area contributed by atoms with Crippen molar-refractivity contribution in [3.8, 4) is 0 Å². The summed E-state index contributed by atoms with van der Waals surface area (Å²) in [7, 11) is -6.30. The van der Waals surface area contributed by atoms with Gasteiger partial charge in [-0.25, -0.2) is 8.42 Å². The topological polar surface area (TPSA) is 83.6 Å². The molecule has 0 spiro atoms. The molecule has 1 aliphatic rings. The van der Waals surface area contributed by atoms with Gasteiger partial charge >= 0.3 is 6.18 Å². The molecule has 3 aromatic carbocycles. The van der Waals surface area contributed by atoms with Crippen LogP contribution in [0.15, 0.2) is 70.5 Å². The first kappa shape index (κ1) is 31.5. The molecule has 3 aromatic rings. The number of halogens is 5. The highest BCUT2D eigenvalue weighted by Crippen LogP contribution is 2.36. The first-order chi connectivity index (χ1) is 19.3. The van der Waals surface area contributed by atoms with Crippen LogP contribution >= 0.6 is 23.2 Å². The number of carbonyl (C=O) groups excluding carboxylic acids is 1. The monoisotopic (exact) mass is 646 g/mol. The van der Waals surface area contributed by atoms with Crippen molar-refractivity contribution in [2.24, 2.45) is 0 Å². The van der Waals surface area contributed by atoms with Gasteiger partial charge in [0, 0.05) is 17.0 Å². The van der Waals surface area contributed by atoms with Crippen LogP contribution in [-0.4, -0.2) is 42.9 Å². The van der Waals surface area contributed by atoms with E-state index in [9.17, 15) is 30.6 Å². The minimum absolute atomic E-state index is 0.00103. The maximum atomic E-state index is 13.3. The smallest absolute Gasteiger partial charge is 0.303 e. The Morgan fingerprint density at radius 1 is 0.976 bits per heavy atom. The van der Waals surface area contributed by atoms with Gasteiger partial charge in [0.1, 0.15) is 0 Å². The molecule has 0 saturated carbocycles. The fraction of sp³-hybridized carbons (Fsp3) is 0.321. The number of anilines is 1. The lowest BCUT2D eigenvalue weighted by Gasteiger charge is -2.15. The zero-order valence-corrected chi connectivity index (χ0v) is 24.9. The van der Waals surface area contributed by atoms with Gasteiger partial charge in [-0.3, -0.25) is 13.7 Å². The number of nitrogens with one attached hydrogen (secondary N) is 1. The van der Waals surface area contributed by atoms with Crippen LogP contribution in [-0.2, 0) is 32.8 Å². The van der Waals surface area contributed by atoms with Crippen LogP contribution in [0.2, 0.25) is 10.0 Å². The van der Waals surface area contributed by atoms with Crippen LogP contribution in [0.4, 0.5) is 18.9 Å². The molecule has 6 nitrogen and oxygen atoms in total. The third kappa shape index (κ3) is 8.32. The van der Waals surface area contributed by atoms with Crippen LogP contribution in [0.25, 0.3) is 0 Å². The molecule has 0 aromatic heterocycles. The number of ketones is 1. The van der Waals surface area contributed by atoms with Gasteiger partial charge in [0.05, 0.1) is 42.6 Å². The van der Waals surface area contributed by atoms with E-state index in [0.717, 1.165) is 38.2 Å². The molecular weight excluding hydrogens is 620 g/mol. The molecule has 0 amide bonds. The van der Waals surface area contributed by atoms with E-state index in [4.69, 9.17) is 23.2 Å². The number of carbonyl (C=O) groups is 1. The number of Topliss-reactive ketones (excluding diaryl/α,β-unsaturated/α-hetero) is 1. The third-order valence-electron chi connectivity index (χ3n) is 6.64. The van der Waals surface area contributed by atoms with E-state index < -0.39 is 42.5 Å². The quantitative estimate of drug-likeness (QED) is 0.223. The van der Waals surface area contributed by atoms with Gasteiger partial charge in [0.15, 0.2) is 5.78 Å². The lowest BCUT2D eigenvalue weighted by molar-refractivity contribution is -0.137. The molecule has 4 rings (SSSR count). The van der Waals surface area contributed by atoms with E-state index in [1.165, 1.54) is 31.0 Å². The van der Waals surface area contributed by atoms with Gasteiger partial charge in [-0.1, -0.05) is 47.5 Å². The van der Waals surface area contributed by atoms with Crippen molar-refractivity contribution in [3.05, 3.63) is 87.4 Å². The van der Waals surface area contributed by atoms with Crippen LogP contribution < -0.4 is 4.72 Å². The summed E-state index contributed by atoms with van der Waals surface area (Å²) < 4.78 is 81.3. The molecule has 0 radical (unpaired) electrons. The number of alkyl halides is 3. The standard InChI is InChI=1S/C28H27Cl2F3N2O4S2/c29-21-9-12-27(25(16-21)34-41(38,39)22-10-11-24(30)23(17-22)28(31,32)33)40(37)18-19-5-7-20(8-6-19)26(36)4-3-15-35-13-1-2-14-35/h5-12,16-17,34H,1-4,13-15,18H2. The van der Waals surface area contributed by atoms with Gasteiger partial charge in [-0.05, 0) is 80.9 Å². The highest BCUT2D eigenvalue weighted by molar-refractivity contribution is 7.92. The second kappa shape index (κ2) is 13.2. The van der Waals surface area contributed by atoms with E-state index in [0.29, 0.717) is 23.6 Å². The minimum atomic E-state index is -4.86. The molecule has 0 aliphatic carbocycles. The predicted octanol–water partition coefficient (Wildman–Crippen LogP) is 7.18. The highest BCUT2D eigenvalue weighted by Gasteiger charge is 2.34. The lowest BCUT2D eigenvalue weighted by Crippen LogP contribution is -2.21. The zero-order chi connectivity index (χ0) is 29.8. The molecule has 41 heavy (non-hydrogen) atoms. The fourth-order valence-corrected chi connectivity index (χ4v) is 7.29. The minimum Gasteiger partial charge on any atom is -0.303 e. The molecule has 0 bridgehead atoms. The zero-order valence-electron chi connectivity index (χ0n) is 21.7. The van der Waals surface area contributed by atoms with Crippen molar-refractivity contribution < 1.29 is 30.6 Å². The summed E-state index contributed by atoms with van der Waals surface area (Å²) in [6.07, 6.45) is -1.24. The van der Waals surface area contributed by atoms with E-state index in [1.807, 2.05) is 0 Å². The van der Waals surface area contributed by atoms with Gasteiger partial charge in [0.25, 0.3) is 10.0 Å². The van der Waals surface area contributed by atoms with E-state index >= 15 is 0 Å². The van der Waals surface area contributed by atoms with Crippen LogP contribution in [0.3, 0.4) is 0 Å². The summed E-state index contributed by atoms with van der Waals surface area (Å²) >= 11 is 11.7. The number of hydrogen-bond acceptors (Lipinski definition) is 5. The highest BCUT2D eigenvalue weighted by atomic mass is 35.5. The van der Waals surface area contributed by atoms with Crippen LogP contribution in [0, 0.1) is 0 Å². The van der Waals surface area contributed by atoms with Crippen LogP contribution in [0.1, 0.15) is 47.2 Å². The SMILES string of the molecule is O=C(CCCN1CCCC1)c1ccc(CS(=O)c2ccc(Cl)cc2NS(=O)(=O)c2ccc(Cl)c(C(F)(F)F)c2)cc1. The maximum Gasteiger partial charge on any atom is 0.417 e. The summed E-state index contributed by atoms with van der Waals surface area (Å²) in [6.45, 7) is 3.06. The van der Waals surface area contributed by atoms with E-state index in [1.54, 1.807) is 24.3 Å². The molecule has 1 heterocycles. The molecule has 1 unspecified atom stereocenters. The van der Waals surface area contributed by atoms with Crippen molar-refractivity contribution in [2.45, 2.75) is 47.4 Å². The van der Waals surface area contributed by atoms with Crippen LogP contribution in [0.5, 0.6) is 0 Å². The Balaban J connectivity index is 1.46. The lowest BCUT2D eigenvalue weighted by atomic mass is 10.1. The summed E-state index contributed by atoms with van der Waals surface area (Å²) in [5.41, 5.74) is -0.232. The Labute approximate surface area is 249 Å². The number of sulfonamides is 1. The maximum absolute atomic E-state index is 13.3. The number of nitrogens with zero attached hydrogens (tertiary/aromatic N) is 1. The molecular formula is C28H27Cl2F3N2O4S2. The normalized spacial score (nSPS) is 15.1. The van der Waals surface area contributed by atoms with Crippen molar-refractivity contribution in [2.75, 3.05) is 24.4 Å². The Morgan fingerprint density at radius 3 is 2.32 bits per heavy atom. The number of likely N-dealkylation sites (tertiary alicyclic amines) is 1. The Morgan fingerprint density at radius 2 is 1.66 bits per heavy atom. The van der Waals surface area contributed by atoms with Crippen molar-refractivity contribution in [1.29, 1.82) is 0 Å². The third-order valence-corrected chi connectivity index (χ3v) is 10.0. The first-order valence-electron chi connectivity index (χ1n) is 12.8. The van der Waals surface area contributed by atoms with E-state index in [2.05, 4.69) is 9.62 Å². The van der Waals surface area contributed by atoms with Gasteiger partial charge < -0.3 is 4.90 Å². The molecule has 220 valence electrons. The Hall–Kier alpha value is -2.44. The molecule has 1 N–H and O–H groups in total. The second-order valence-corrected chi connectivity index (χ2v) is 13.6. The Kier molecular flexibility index (Phi) is 10.2. The summed E-state index contributed by atoms with van der Waals surface area (Å²) in [6, 6.07) is 13.0. The summed E-state index contributed by atoms with van der Waals surface area (Å²) in [5.74, 6) is 0.0287. The second-order valence-electron chi connectivity index (χ2n) is 9.65. The van der Waals surface area contributed by atoms with Gasteiger partial charge in [0.2, 0.25) is 0 Å². The average Bonchev–Trinajstić information content (AvgIpc) is 3.42. The van der Waals surface area contributed by atoms with E-state index in [-0.39, 0.29) is 27.1 Å². The average molecular weight is 648 g/mol. The van der Waals surface area contributed by atoms with Crippen molar-refractivity contribution in [3.63, 3.8) is 0 Å². The number of benzene rings is 3. The molecule has 1 aliphatic heterocycles. The fourth-order valence-electron chi connectivity index (χ4n) is 4.50. The number of rotatable bonds is 11. The van der Waals surface area contributed by atoms with Crippen molar-refractivity contribution >= 4 is 55.5 Å². The largest absolute Gasteiger partial charge is 0.417 e. The van der Waals surface area contributed by atoms with Gasteiger partial charge in [-0.15, -0.1) is 0 Å². The Bertz CT molecular complexity index is 1540. The number of hydrogen-bond donors (Lipinski definition) is 1. The summed E-state index contributed by atoms with van der Waals surface area (Å²) in [5, 5.41) is -0.515. The molecule has 1 atom stereocenters. The van der Waals surface area contributed by atoms with Crippen molar-refractivity contribution in [1.82, 2.24) is 4.90 Å². The summed E-state index contributed by atoms with van der Waals surface area (Å²) in [4.78, 5) is 14.3. The predicted molar refractivity (Wildman–Crippen MR) is 155 cm³/mol. The first-order valence-corrected chi connectivity index (χ1v) is 16.3. The molecule has 1 fully saturated rings.